The average Bonchev–Trinajstić information content (AvgIpc) is 3.09. The third kappa shape index (κ3) is 4.66. The van der Waals surface area contributed by atoms with E-state index < -0.39 is 17.8 Å². The first-order valence-corrected chi connectivity index (χ1v) is 11.3. The van der Waals surface area contributed by atoms with Crippen LogP contribution in [-0.4, -0.2) is 38.5 Å². The van der Waals surface area contributed by atoms with Gasteiger partial charge in [-0.3, -0.25) is 24.6 Å². The fourth-order valence-corrected chi connectivity index (χ4v) is 4.31. The Balaban J connectivity index is 1.69. The monoisotopic (exact) mass is 502 g/mol. The van der Waals surface area contributed by atoms with E-state index in [1.54, 1.807) is 12.1 Å². The summed E-state index contributed by atoms with van der Waals surface area (Å²) in [4.78, 5) is 49.6. The van der Waals surface area contributed by atoms with Crippen LogP contribution in [0.3, 0.4) is 0 Å². The number of anilines is 2. The number of hydrogen-bond acceptors (Lipinski definition) is 5. The van der Waals surface area contributed by atoms with Crippen molar-refractivity contribution in [3.8, 4) is 5.69 Å². The molecule has 4 rings (SSSR count). The number of benzene rings is 2. The maximum atomic E-state index is 13.3. The molecule has 0 aliphatic carbocycles. The van der Waals surface area contributed by atoms with Crippen molar-refractivity contribution in [1.82, 2.24) is 9.88 Å². The van der Waals surface area contributed by atoms with Crippen LogP contribution >= 0.6 is 12.2 Å². The highest BCUT2D eigenvalue weighted by Gasteiger charge is 2.34. The molecule has 3 aromatic rings. The summed E-state index contributed by atoms with van der Waals surface area (Å²) in [6.07, 6.45) is 1.52. The van der Waals surface area contributed by atoms with Crippen molar-refractivity contribution in [3.63, 3.8) is 0 Å². The van der Waals surface area contributed by atoms with Gasteiger partial charge in [-0.2, -0.15) is 0 Å². The first-order chi connectivity index (χ1) is 17.1. The highest BCUT2D eigenvalue weighted by atomic mass is 32.1. The number of carboxylic acids is 1. The second-order valence-electron chi connectivity index (χ2n) is 8.20. The predicted molar refractivity (Wildman–Crippen MR) is 139 cm³/mol. The van der Waals surface area contributed by atoms with E-state index in [9.17, 15) is 19.2 Å². The molecule has 0 bridgehead atoms. The van der Waals surface area contributed by atoms with Gasteiger partial charge in [0.05, 0.1) is 11.3 Å². The van der Waals surface area contributed by atoms with E-state index in [-0.39, 0.29) is 22.2 Å². The number of aromatic carboxylic acids is 1. The third-order valence-corrected chi connectivity index (χ3v) is 5.97. The first-order valence-electron chi connectivity index (χ1n) is 10.9. The zero-order chi connectivity index (χ0) is 26.1. The molecule has 36 heavy (non-hydrogen) atoms. The number of carbonyl (C=O) groups is 4. The van der Waals surface area contributed by atoms with Gasteiger partial charge in [0.1, 0.15) is 5.57 Å². The van der Waals surface area contributed by atoms with Crippen molar-refractivity contribution in [2.75, 3.05) is 10.2 Å². The van der Waals surface area contributed by atoms with Crippen molar-refractivity contribution in [2.45, 2.75) is 20.8 Å². The maximum absolute atomic E-state index is 13.3. The molecule has 1 fully saturated rings. The number of nitrogens with zero attached hydrogens (tertiary/aromatic N) is 2. The number of aromatic nitrogens is 1. The van der Waals surface area contributed by atoms with Crippen molar-refractivity contribution in [1.29, 1.82) is 0 Å². The molecule has 1 aliphatic heterocycles. The van der Waals surface area contributed by atoms with Gasteiger partial charge in [-0.1, -0.05) is 0 Å². The topological polar surface area (TPSA) is 121 Å². The zero-order valence-corrected chi connectivity index (χ0v) is 20.5. The average molecular weight is 503 g/mol. The Hall–Kier alpha value is -4.57. The number of thiocarbonyl (C=S) groups is 1. The van der Waals surface area contributed by atoms with Crippen LogP contribution in [0.25, 0.3) is 11.8 Å². The first kappa shape index (κ1) is 24.6. The van der Waals surface area contributed by atoms with Crippen LogP contribution in [0.4, 0.5) is 11.4 Å². The summed E-state index contributed by atoms with van der Waals surface area (Å²) in [5.74, 6) is -2.49. The lowest BCUT2D eigenvalue weighted by molar-refractivity contribution is -0.122. The Bertz CT molecular complexity index is 1450. The van der Waals surface area contributed by atoms with Crippen LogP contribution in [0, 0.1) is 13.8 Å². The van der Waals surface area contributed by atoms with Crippen LogP contribution in [-0.2, 0) is 14.4 Å². The van der Waals surface area contributed by atoms with Gasteiger partial charge in [0, 0.05) is 29.7 Å². The number of carboxylic acid groups (broad SMARTS) is 1. The van der Waals surface area contributed by atoms with Gasteiger partial charge in [-0.25, -0.2) is 4.79 Å². The summed E-state index contributed by atoms with van der Waals surface area (Å²) in [5.41, 5.74) is 4.18. The Morgan fingerprint density at radius 3 is 2.19 bits per heavy atom. The molecular formula is C26H22N4O5S. The van der Waals surface area contributed by atoms with Crippen LogP contribution in [0.1, 0.15) is 34.2 Å². The third-order valence-electron chi connectivity index (χ3n) is 5.69. The SMILES string of the molecule is CC(=O)Nc1ccc(-n2c(C)cc(/C=C3\C(=O)NC(=S)N(c4ccc(C(=O)O)cc4)C3=O)c2C)cc1. The van der Waals surface area contributed by atoms with Crippen LogP contribution in [0.15, 0.2) is 60.2 Å². The molecule has 0 atom stereocenters. The lowest BCUT2D eigenvalue weighted by Crippen LogP contribution is -2.54. The second kappa shape index (κ2) is 9.59. The molecule has 9 nitrogen and oxygen atoms in total. The molecule has 2 heterocycles. The lowest BCUT2D eigenvalue weighted by Gasteiger charge is -2.29. The standard InChI is InChI=1S/C26H22N4O5S/c1-14-12-18(15(2)29(14)20-10-6-19(7-11-20)27-16(3)31)13-22-23(32)28-26(36)30(24(22)33)21-8-4-17(5-9-21)25(34)35/h4-13H,1-3H3,(H,27,31)(H,34,35)(H,28,32,36)/b22-13+. The number of nitrogens with one attached hydrogen (secondary N) is 2. The van der Waals surface area contributed by atoms with Gasteiger partial charge in [0.25, 0.3) is 11.8 Å². The normalized spacial score (nSPS) is 14.7. The largest absolute Gasteiger partial charge is 0.478 e. The quantitative estimate of drug-likeness (QED) is 0.279. The van der Waals surface area contributed by atoms with E-state index in [4.69, 9.17) is 17.3 Å². The highest BCUT2D eigenvalue weighted by Crippen LogP contribution is 2.27. The molecule has 1 aliphatic rings. The summed E-state index contributed by atoms with van der Waals surface area (Å²) in [7, 11) is 0. The van der Waals surface area contributed by atoms with Gasteiger partial charge in [-0.05, 0) is 92.3 Å². The minimum Gasteiger partial charge on any atom is -0.478 e. The van der Waals surface area contributed by atoms with Gasteiger partial charge in [0.15, 0.2) is 5.11 Å². The molecule has 1 saturated heterocycles. The summed E-state index contributed by atoms with van der Waals surface area (Å²) < 4.78 is 1.97. The Morgan fingerprint density at radius 2 is 1.61 bits per heavy atom. The van der Waals surface area contributed by atoms with Crippen molar-refractivity contribution in [3.05, 3.63) is 82.7 Å². The fraction of sp³-hybridized carbons (Fsp3) is 0.115. The maximum Gasteiger partial charge on any atom is 0.335 e. The molecule has 3 amide bonds. The molecule has 182 valence electrons. The summed E-state index contributed by atoms with van der Waals surface area (Å²) in [5, 5.41) is 14.3. The molecule has 0 radical (unpaired) electrons. The minimum absolute atomic E-state index is 0.0616. The number of hydrogen-bond donors (Lipinski definition) is 3. The molecule has 10 heteroatoms. The Kier molecular flexibility index (Phi) is 6.54. The molecule has 2 aromatic carbocycles. The van der Waals surface area contributed by atoms with E-state index >= 15 is 0 Å². The predicted octanol–water partition coefficient (Wildman–Crippen LogP) is 3.58. The zero-order valence-electron chi connectivity index (χ0n) is 19.7. The molecule has 1 aromatic heterocycles. The van der Waals surface area contributed by atoms with E-state index in [1.165, 1.54) is 37.3 Å². The Morgan fingerprint density at radius 1 is 1.00 bits per heavy atom. The van der Waals surface area contributed by atoms with Gasteiger partial charge in [-0.15, -0.1) is 0 Å². The summed E-state index contributed by atoms with van der Waals surface area (Å²) >= 11 is 5.22. The smallest absolute Gasteiger partial charge is 0.335 e. The molecule has 0 unspecified atom stereocenters. The van der Waals surface area contributed by atoms with Crippen molar-refractivity contribution >= 4 is 58.5 Å². The minimum atomic E-state index is -1.09. The lowest BCUT2D eigenvalue weighted by atomic mass is 10.1. The number of amides is 3. The van der Waals surface area contributed by atoms with Gasteiger partial charge in [0.2, 0.25) is 5.91 Å². The molecule has 0 saturated carbocycles. The fourth-order valence-electron chi connectivity index (χ4n) is 4.03. The van der Waals surface area contributed by atoms with Crippen LogP contribution in [0.5, 0.6) is 0 Å². The van der Waals surface area contributed by atoms with E-state index in [0.29, 0.717) is 16.9 Å². The van der Waals surface area contributed by atoms with Crippen molar-refractivity contribution in [2.24, 2.45) is 0 Å². The van der Waals surface area contributed by atoms with E-state index in [1.807, 2.05) is 36.6 Å². The molecule has 3 N–H and O–H groups in total. The summed E-state index contributed by atoms with van der Waals surface area (Å²) in [6.45, 7) is 5.22. The Labute approximate surface area is 212 Å². The van der Waals surface area contributed by atoms with E-state index in [0.717, 1.165) is 22.0 Å². The van der Waals surface area contributed by atoms with Gasteiger partial charge < -0.3 is 15.0 Å². The second-order valence-corrected chi connectivity index (χ2v) is 8.59. The number of aryl methyl sites for hydroxylation is 1. The van der Waals surface area contributed by atoms with Crippen molar-refractivity contribution < 1.29 is 24.3 Å². The van der Waals surface area contributed by atoms with Gasteiger partial charge >= 0.3 is 5.97 Å². The van der Waals surface area contributed by atoms with Crippen LogP contribution in [0.2, 0.25) is 0 Å². The molecular weight excluding hydrogens is 480 g/mol. The van der Waals surface area contributed by atoms with E-state index in [2.05, 4.69) is 10.6 Å². The number of rotatable bonds is 5. The molecule has 0 spiro atoms. The van der Waals surface area contributed by atoms with Crippen LogP contribution < -0.4 is 15.5 Å². The highest BCUT2D eigenvalue weighted by molar-refractivity contribution is 7.80. The summed E-state index contributed by atoms with van der Waals surface area (Å²) in [6, 6.07) is 14.8. The number of carbonyl (C=O) groups excluding carboxylic acids is 3.